The molecule has 122 valence electrons. The van der Waals surface area contributed by atoms with Gasteiger partial charge in [-0.25, -0.2) is 9.97 Å². The van der Waals surface area contributed by atoms with Crippen molar-refractivity contribution in [2.75, 3.05) is 6.79 Å². The molecule has 3 aromatic heterocycles. The molecule has 1 aliphatic rings. The Balaban J connectivity index is 1.68. The lowest BCUT2D eigenvalue weighted by Gasteiger charge is -2.05. The molecule has 0 atom stereocenters. The van der Waals surface area contributed by atoms with E-state index in [2.05, 4.69) is 10.1 Å². The van der Waals surface area contributed by atoms with Crippen molar-refractivity contribution in [1.29, 1.82) is 0 Å². The Morgan fingerprint density at radius 2 is 1.92 bits per heavy atom. The van der Waals surface area contributed by atoms with Gasteiger partial charge in [0.15, 0.2) is 23.0 Å². The molecule has 1 aromatic carbocycles. The van der Waals surface area contributed by atoms with Crippen molar-refractivity contribution in [3.63, 3.8) is 0 Å². The number of benzene rings is 1. The molecule has 0 radical (unpaired) electrons. The highest BCUT2D eigenvalue weighted by molar-refractivity contribution is 5.82. The zero-order valence-electron chi connectivity index (χ0n) is 13.5. The second-order valence-electron chi connectivity index (χ2n) is 5.82. The Kier molecular flexibility index (Phi) is 2.97. The largest absolute Gasteiger partial charge is 0.454 e. The van der Waals surface area contributed by atoms with Gasteiger partial charge in [0, 0.05) is 17.1 Å². The predicted octanol–water partition coefficient (Wildman–Crippen LogP) is 3.52. The first kappa shape index (κ1) is 14.0. The van der Waals surface area contributed by atoms with Crippen molar-refractivity contribution in [3.05, 3.63) is 60.4 Å². The van der Waals surface area contributed by atoms with Crippen molar-refractivity contribution in [3.8, 4) is 28.6 Å². The minimum absolute atomic E-state index is 0.261. The second-order valence-corrected chi connectivity index (χ2v) is 5.82. The Labute approximate surface area is 143 Å². The van der Waals surface area contributed by atoms with E-state index in [4.69, 9.17) is 14.5 Å². The van der Waals surface area contributed by atoms with E-state index in [1.54, 1.807) is 10.9 Å². The first-order valence-corrected chi connectivity index (χ1v) is 7.97. The lowest BCUT2D eigenvalue weighted by atomic mass is 10.1. The van der Waals surface area contributed by atoms with Crippen LogP contribution in [0.1, 0.15) is 5.69 Å². The maximum Gasteiger partial charge on any atom is 0.231 e. The van der Waals surface area contributed by atoms with Gasteiger partial charge in [-0.1, -0.05) is 6.07 Å². The Hall–Kier alpha value is -3.41. The van der Waals surface area contributed by atoms with Crippen LogP contribution in [0.15, 0.2) is 54.7 Å². The van der Waals surface area contributed by atoms with Gasteiger partial charge in [0.05, 0.1) is 11.4 Å². The molecule has 1 aliphatic heterocycles. The fraction of sp³-hybridized carbons (Fsp3) is 0.105. The predicted molar refractivity (Wildman–Crippen MR) is 93.0 cm³/mol. The molecule has 5 rings (SSSR count). The molecule has 0 saturated carbocycles. The maximum absolute atomic E-state index is 5.47. The third kappa shape index (κ3) is 2.22. The molecule has 0 spiro atoms. The van der Waals surface area contributed by atoms with Crippen molar-refractivity contribution in [1.82, 2.24) is 19.7 Å². The average molecular weight is 330 g/mol. The van der Waals surface area contributed by atoms with Crippen LogP contribution in [-0.2, 0) is 0 Å². The number of hydrogen-bond acceptors (Lipinski definition) is 5. The number of ether oxygens (including phenoxy) is 2. The second kappa shape index (κ2) is 5.31. The van der Waals surface area contributed by atoms with Gasteiger partial charge in [0.2, 0.25) is 6.79 Å². The molecular formula is C19H14N4O2. The lowest BCUT2D eigenvalue weighted by molar-refractivity contribution is 0.174. The molecular weight excluding hydrogens is 316 g/mol. The number of pyridine rings is 2. The van der Waals surface area contributed by atoms with E-state index in [1.165, 1.54) is 0 Å². The summed E-state index contributed by atoms with van der Waals surface area (Å²) in [4.78, 5) is 9.22. The first-order chi connectivity index (χ1) is 12.3. The van der Waals surface area contributed by atoms with Crippen molar-refractivity contribution < 1.29 is 9.47 Å². The van der Waals surface area contributed by atoms with Crippen LogP contribution in [0.25, 0.3) is 28.1 Å². The number of aryl methyl sites for hydroxylation is 1. The quantitative estimate of drug-likeness (QED) is 0.563. The third-order valence-electron chi connectivity index (χ3n) is 4.25. The number of hydrogen-bond donors (Lipinski definition) is 0. The van der Waals surface area contributed by atoms with Crippen molar-refractivity contribution in [2.24, 2.45) is 0 Å². The smallest absolute Gasteiger partial charge is 0.231 e. The molecule has 0 saturated heterocycles. The monoisotopic (exact) mass is 330 g/mol. The first-order valence-electron chi connectivity index (χ1n) is 7.97. The summed E-state index contributed by atoms with van der Waals surface area (Å²) in [7, 11) is 0. The van der Waals surface area contributed by atoms with Gasteiger partial charge in [-0.15, -0.1) is 0 Å². The Bertz CT molecular complexity index is 1090. The van der Waals surface area contributed by atoms with Gasteiger partial charge in [0.1, 0.15) is 0 Å². The van der Waals surface area contributed by atoms with Gasteiger partial charge in [-0.3, -0.25) is 0 Å². The van der Waals surface area contributed by atoms with Gasteiger partial charge in [-0.2, -0.15) is 9.78 Å². The molecule has 0 N–H and O–H groups in total. The highest BCUT2D eigenvalue weighted by atomic mass is 16.7. The van der Waals surface area contributed by atoms with Crippen LogP contribution in [0.4, 0.5) is 0 Å². The number of aromatic nitrogens is 4. The number of nitrogens with zero attached hydrogens (tertiary/aromatic N) is 4. The molecule has 0 unspecified atom stereocenters. The van der Waals surface area contributed by atoms with Crippen LogP contribution in [0.2, 0.25) is 0 Å². The third-order valence-corrected chi connectivity index (χ3v) is 4.25. The topological polar surface area (TPSA) is 62.1 Å². The van der Waals surface area contributed by atoms with Crippen molar-refractivity contribution in [2.45, 2.75) is 6.92 Å². The zero-order chi connectivity index (χ0) is 16.8. The molecule has 6 heteroatoms. The lowest BCUT2D eigenvalue weighted by Crippen LogP contribution is -2.00. The summed E-state index contributed by atoms with van der Waals surface area (Å²) in [5.41, 5.74) is 3.53. The minimum Gasteiger partial charge on any atom is -0.454 e. The average Bonchev–Trinajstić information content (AvgIpc) is 3.26. The number of fused-ring (bicyclic) bond motifs is 2. The molecule has 0 aliphatic carbocycles. The molecule has 25 heavy (non-hydrogen) atoms. The fourth-order valence-electron chi connectivity index (χ4n) is 3.00. The summed E-state index contributed by atoms with van der Waals surface area (Å²) in [6.45, 7) is 2.24. The zero-order valence-corrected chi connectivity index (χ0v) is 13.5. The van der Waals surface area contributed by atoms with E-state index in [1.807, 2.05) is 55.5 Å². The molecule has 4 aromatic rings. The Morgan fingerprint density at radius 3 is 2.80 bits per heavy atom. The molecule has 6 nitrogen and oxygen atoms in total. The molecule has 0 amide bonds. The summed E-state index contributed by atoms with van der Waals surface area (Å²) < 4.78 is 12.6. The van der Waals surface area contributed by atoms with Crippen LogP contribution >= 0.6 is 0 Å². The van der Waals surface area contributed by atoms with Crippen LogP contribution in [-0.4, -0.2) is 26.5 Å². The van der Waals surface area contributed by atoms with Gasteiger partial charge in [0.25, 0.3) is 0 Å². The van der Waals surface area contributed by atoms with Crippen LogP contribution in [0.3, 0.4) is 0 Å². The number of rotatable bonds is 2. The highest BCUT2D eigenvalue weighted by Crippen LogP contribution is 2.36. The van der Waals surface area contributed by atoms with Crippen LogP contribution in [0, 0.1) is 6.92 Å². The summed E-state index contributed by atoms with van der Waals surface area (Å²) in [6, 6.07) is 15.6. The fourth-order valence-corrected chi connectivity index (χ4v) is 3.00. The standard InChI is InChI=1S/C19H14N4O2/c1-12-14-6-7-15(13-5-8-16-17(10-13)25-11-24-16)21-19(14)23(22-12)18-4-2-3-9-20-18/h2-10H,11H2,1H3. The van der Waals surface area contributed by atoms with Gasteiger partial charge in [-0.05, 0) is 49.4 Å². The van der Waals surface area contributed by atoms with E-state index in [-0.39, 0.29) is 6.79 Å². The van der Waals surface area contributed by atoms with Crippen LogP contribution in [0.5, 0.6) is 11.5 Å². The van der Waals surface area contributed by atoms with E-state index in [0.717, 1.165) is 45.3 Å². The Morgan fingerprint density at radius 1 is 1.00 bits per heavy atom. The summed E-state index contributed by atoms with van der Waals surface area (Å²) in [6.07, 6.45) is 1.75. The van der Waals surface area contributed by atoms with E-state index in [0.29, 0.717) is 0 Å². The SMILES string of the molecule is Cc1nn(-c2ccccn2)c2nc(-c3ccc4c(c3)OCO4)ccc12. The van der Waals surface area contributed by atoms with Crippen LogP contribution < -0.4 is 9.47 Å². The van der Waals surface area contributed by atoms with Gasteiger partial charge < -0.3 is 9.47 Å². The summed E-state index contributed by atoms with van der Waals surface area (Å²) in [5.74, 6) is 2.25. The minimum atomic E-state index is 0.261. The van der Waals surface area contributed by atoms with Gasteiger partial charge >= 0.3 is 0 Å². The van der Waals surface area contributed by atoms with Crippen molar-refractivity contribution >= 4 is 11.0 Å². The molecule has 0 fully saturated rings. The van der Waals surface area contributed by atoms with E-state index in [9.17, 15) is 0 Å². The maximum atomic E-state index is 5.47. The normalized spacial score (nSPS) is 12.7. The molecule has 0 bridgehead atoms. The summed E-state index contributed by atoms with van der Waals surface area (Å²) >= 11 is 0. The molecule has 4 heterocycles. The summed E-state index contributed by atoms with van der Waals surface area (Å²) in [5, 5.41) is 5.61. The van der Waals surface area contributed by atoms with E-state index < -0.39 is 0 Å². The highest BCUT2D eigenvalue weighted by Gasteiger charge is 2.16. The van der Waals surface area contributed by atoms with E-state index >= 15 is 0 Å².